The molecular formula is C27H30N4O4. The van der Waals surface area contributed by atoms with Crippen molar-refractivity contribution in [3.8, 4) is 23.1 Å². The predicted molar refractivity (Wildman–Crippen MR) is 134 cm³/mol. The molecule has 0 saturated carbocycles. The molecule has 0 amide bonds. The molecule has 182 valence electrons. The molecule has 0 aliphatic rings. The van der Waals surface area contributed by atoms with Gasteiger partial charge in [-0.25, -0.2) is 0 Å². The summed E-state index contributed by atoms with van der Waals surface area (Å²) in [6.07, 6.45) is 6.17. The van der Waals surface area contributed by atoms with Crippen LogP contribution < -0.4 is 15.0 Å². The lowest BCUT2D eigenvalue weighted by Gasteiger charge is -2.19. The van der Waals surface area contributed by atoms with Gasteiger partial charge >= 0.3 is 0 Å². The summed E-state index contributed by atoms with van der Waals surface area (Å²) in [5.41, 5.74) is 2.34. The molecule has 2 heterocycles. The van der Waals surface area contributed by atoms with Crippen LogP contribution in [0.1, 0.15) is 42.3 Å². The van der Waals surface area contributed by atoms with Crippen LogP contribution in [-0.2, 0) is 19.4 Å². The van der Waals surface area contributed by atoms with Crippen LogP contribution in [0.25, 0.3) is 5.69 Å². The average molecular weight is 475 g/mol. The molecule has 0 unspecified atom stereocenters. The fourth-order valence-corrected chi connectivity index (χ4v) is 4.08. The summed E-state index contributed by atoms with van der Waals surface area (Å²) in [6, 6.07) is 15.1. The third-order valence-electron chi connectivity index (χ3n) is 5.91. The highest BCUT2D eigenvalue weighted by Crippen LogP contribution is 2.33. The van der Waals surface area contributed by atoms with Crippen molar-refractivity contribution in [3.63, 3.8) is 0 Å². The van der Waals surface area contributed by atoms with E-state index in [0.717, 1.165) is 24.0 Å². The largest absolute Gasteiger partial charge is 0.494 e. The maximum absolute atomic E-state index is 13.8. The van der Waals surface area contributed by atoms with Gasteiger partial charge in [0.1, 0.15) is 23.0 Å². The molecule has 35 heavy (non-hydrogen) atoms. The third kappa shape index (κ3) is 5.21. The van der Waals surface area contributed by atoms with Crippen molar-refractivity contribution in [3.05, 3.63) is 93.8 Å². The molecule has 0 aliphatic heterocycles. The van der Waals surface area contributed by atoms with Crippen molar-refractivity contribution in [1.82, 2.24) is 19.3 Å². The van der Waals surface area contributed by atoms with E-state index >= 15 is 0 Å². The highest BCUT2D eigenvalue weighted by molar-refractivity contribution is 5.58. The zero-order valence-corrected chi connectivity index (χ0v) is 20.3. The van der Waals surface area contributed by atoms with Crippen molar-refractivity contribution in [2.24, 2.45) is 0 Å². The van der Waals surface area contributed by atoms with Crippen molar-refractivity contribution >= 4 is 0 Å². The van der Waals surface area contributed by atoms with Gasteiger partial charge in [-0.05, 0) is 35.7 Å². The molecule has 2 aromatic carbocycles. The maximum Gasteiger partial charge on any atom is 0.265 e. The molecule has 4 rings (SSSR count). The first-order valence-corrected chi connectivity index (χ1v) is 11.7. The first-order valence-electron chi connectivity index (χ1n) is 11.7. The normalized spacial score (nSPS) is 10.9. The first kappa shape index (κ1) is 24.1. The zero-order valence-electron chi connectivity index (χ0n) is 20.3. The molecular weight excluding hydrogens is 444 g/mol. The van der Waals surface area contributed by atoms with E-state index in [-0.39, 0.29) is 23.4 Å². The van der Waals surface area contributed by atoms with E-state index in [1.807, 2.05) is 41.2 Å². The lowest BCUT2D eigenvalue weighted by molar-refractivity contribution is 0.387. The van der Waals surface area contributed by atoms with Crippen LogP contribution in [0.2, 0.25) is 0 Å². The quantitative estimate of drug-likeness (QED) is 0.372. The Kier molecular flexibility index (Phi) is 7.50. The smallest absolute Gasteiger partial charge is 0.265 e. The van der Waals surface area contributed by atoms with Gasteiger partial charge in [-0.2, -0.15) is 10.1 Å². The topological polar surface area (TPSA) is 91.4 Å². The molecule has 0 atom stereocenters. The lowest BCUT2D eigenvalue weighted by Crippen LogP contribution is -2.28. The first-order chi connectivity index (χ1) is 17.0. The number of para-hydroxylation sites is 1. The van der Waals surface area contributed by atoms with Gasteiger partial charge < -0.3 is 14.6 Å². The van der Waals surface area contributed by atoms with Gasteiger partial charge in [-0.1, -0.05) is 43.7 Å². The number of nitrogens with zero attached hydrogens (tertiary/aromatic N) is 4. The number of aryl methyl sites for hydroxylation is 1. The van der Waals surface area contributed by atoms with Crippen molar-refractivity contribution in [1.29, 1.82) is 0 Å². The minimum absolute atomic E-state index is 0.220. The molecule has 0 fully saturated rings. The number of hydrogen-bond donors (Lipinski definition) is 1. The number of unbranched alkanes of at least 4 members (excludes halogenated alkanes) is 1. The van der Waals surface area contributed by atoms with Crippen LogP contribution in [0.3, 0.4) is 0 Å². The summed E-state index contributed by atoms with van der Waals surface area (Å²) >= 11 is 0. The Morgan fingerprint density at radius 3 is 2.26 bits per heavy atom. The van der Waals surface area contributed by atoms with Gasteiger partial charge in [0.15, 0.2) is 0 Å². The second-order valence-corrected chi connectivity index (χ2v) is 8.28. The number of methoxy groups -OCH3 is 2. The van der Waals surface area contributed by atoms with Crippen molar-refractivity contribution < 1.29 is 14.6 Å². The summed E-state index contributed by atoms with van der Waals surface area (Å²) in [4.78, 5) is 18.3. The second-order valence-electron chi connectivity index (χ2n) is 8.28. The number of benzene rings is 2. The second kappa shape index (κ2) is 10.9. The Labute approximate surface area is 204 Å². The molecule has 4 aromatic rings. The molecule has 0 spiro atoms. The van der Waals surface area contributed by atoms with Crippen molar-refractivity contribution in [2.45, 2.75) is 39.2 Å². The zero-order chi connectivity index (χ0) is 24.8. The number of rotatable bonds is 10. The van der Waals surface area contributed by atoms with Crippen LogP contribution in [0, 0.1) is 0 Å². The van der Waals surface area contributed by atoms with Crippen LogP contribution in [0.4, 0.5) is 0 Å². The minimum atomic E-state index is -0.341. The monoisotopic (exact) mass is 474 g/mol. The Morgan fingerprint density at radius 2 is 1.66 bits per heavy atom. The Bertz CT molecular complexity index is 1310. The molecule has 2 aromatic heterocycles. The predicted octanol–water partition coefficient (Wildman–Crippen LogP) is 4.13. The minimum Gasteiger partial charge on any atom is -0.494 e. The van der Waals surface area contributed by atoms with Crippen LogP contribution >= 0.6 is 0 Å². The van der Waals surface area contributed by atoms with Gasteiger partial charge in [0, 0.05) is 25.2 Å². The average Bonchev–Trinajstić information content (AvgIpc) is 3.39. The summed E-state index contributed by atoms with van der Waals surface area (Å²) in [7, 11) is 3.10. The highest BCUT2D eigenvalue weighted by Gasteiger charge is 2.22. The van der Waals surface area contributed by atoms with E-state index in [1.165, 1.54) is 4.57 Å². The van der Waals surface area contributed by atoms with Gasteiger partial charge in [0.2, 0.25) is 5.88 Å². The van der Waals surface area contributed by atoms with Crippen molar-refractivity contribution in [2.75, 3.05) is 14.2 Å². The van der Waals surface area contributed by atoms with Crippen LogP contribution in [0.15, 0.2) is 65.7 Å². The van der Waals surface area contributed by atoms with Gasteiger partial charge in [-0.3, -0.25) is 14.0 Å². The third-order valence-corrected chi connectivity index (χ3v) is 5.91. The number of aromatic nitrogens is 4. The summed E-state index contributed by atoms with van der Waals surface area (Å²) in [5, 5.41) is 15.0. The molecule has 8 nitrogen and oxygen atoms in total. The van der Waals surface area contributed by atoms with E-state index in [4.69, 9.17) is 9.47 Å². The van der Waals surface area contributed by atoms with Gasteiger partial charge in [0.25, 0.3) is 5.56 Å². The Morgan fingerprint density at radius 1 is 0.971 bits per heavy atom. The maximum atomic E-state index is 13.8. The molecule has 0 bridgehead atoms. The van der Waals surface area contributed by atoms with E-state index < -0.39 is 0 Å². The fraction of sp³-hybridized carbons (Fsp3) is 0.296. The van der Waals surface area contributed by atoms with E-state index in [1.54, 1.807) is 38.6 Å². The fourth-order valence-electron chi connectivity index (χ4n) is 4.08. The van der Waals surface area contributed by atoms with E-state index in [2.05, 4.69) is 17.0 Å². The molecule has 0 aliphatic carbocycles. The number of hydrogen-bond acceptors (Lipinski definition) is 6. The molecule has 0 radical (unpaired) electrons. The Hall–Kier alpha value is -4.07. The number of aromatic hydroxyl groups is 1. The Balaban J connectivity index is 1.76. The lowest BCUT2D eigenvalue weighted by atomic mass is 10.0. The summed E-state index contributed by atoms with van der Waals surface area (Å²) in [5.74, 6) is 1.21. The standard InChI is InChI=1S/C27H30N4O4/c1-4-5-10-24-29-26(32)21(17-19-11-13-20(14-12-19)18-30-16-7-15-28-30)27(33)31(24)25-22(34-2)8-6-9-23(25)35-3/h6-9,11-16,32H,4-5,10,17-18H2,1-3H3. The SMILES string of the molecule is CCCCc1nc(O)c(Cc2ccc(Cn3cccn3)cc2)c(=O)n1-c1c(OC)cccc1OC. The number of ether oxygens (including phenoxy) is 2. The summed E-state index contributed by atoms with van der Waals surface area (Å²) in [6.45, 7) is 2.73. The van der Waals surface area contributed by atoms with Crippen LogP contribution in [0.5, 0.6) is 17.4 Å². The van der Waals surface area contributed by atoms with E-state index in [9.17, 15) is 9.90 Å². The van der Waals surface area contributed by atoms with Crippen LogP contribution in [-0.4, -0.2) is 38.7 Å². The van der Waals surface area contributed by atoms with E-state index in [0.29, 0.717) is 36.0 Å². The molecule has 8 heteroatoms. The van der Waals surface area contributed by atoms with Gasteiger partial charge in [-0.15, -0.1) is 0 Å². The highest BCUT2D eigenvalue weighted by atomic mass is 16.5. The molecule has 0 saturated heterocycles. The summed E-state index contributed by atoms with van der Waals surface area (Å²) < 4.78 is 14.5. The molecule has 1 N–H and O–H groups in total. The van der Waals surface area contributed by atoms with Gasteiger partial charge in [0.05, 0.1) is 26.3 Å².